The number of methoxy groups -OCH3 is 1. The number of hydrogen-bond acceptors (Lipinski definition) is 4. The van der Waals surface area contributed by atoms with E-state index < -0.39 is 6.09 Å². The number of alkyl carbamates (subject to hydrolysis) is 1. The molecule has 0 bridgehead atoms. The Bertz CT molecular complexity index is 530. The molecule has 0 aliphatic carbocycles. The summed E-state index contributed by atoms with van der Waals surface area (Å²) >= 11 is 0. The van der Waals surface area contributed by atoms with Gasteiger partial charge in [-0.05, 0) is 31.9 Å². The number of benzene rings is 1. The highest BCUT2D eigenvalue weighted by atomic mass is 16.5. The summed E-state index contributed by atoms with van der Waals surface area (Å²) < 4.78 is 10.3. The van der Waals surface area contributed by atoms with Crippen LogP contribution in [-0.4, -0.2) is 50.3 Å². The Morgan fingerprint density at radius 3 is 2.74 bits per heavy atom. The molecule has 1 aromatic carbocycles. The number of ether oxygens (including phenoxy) is 2. The summed E-state index contributed by atoms with van der Waals surface area (Å²) in [6.07, 6.45) is 1.40. The summed E-state index contributed by atoms with van der Waals surface area (Å²) in [7, 11) is 1.28. The Morgan fingerprint density at radius 1 is 1.30 bits per heavy atom. The SMILES string of the molecule is COC(=O)NCC(=O)N1CCC[C@H](COc2ccc(C)cc2)C1. The van der Waals surface area contributed by atoms with Crippen LogP contribution in [0.3, 0.4) is 0 Å². The molecule has 1 saturated heterocycles. The first kappa shape index (κ1) is 17.1. The second-order valence-electron chi connectivity index (χ2n) is 5.82. The fraction of sp³-hybridized carbons (Fsp3) is 0.529. The Balaban J connectivity index is 1.77. The molecule has 1 aliphatic heterocycles. The molecule has 1 aliphatic rings. The number of nitrogens with zero attached hydrogens (tertiary/aromatic N) is 1. The number of nitrogens with one attached hydrogen (secondary N) is 1. The van der Waals surface area contributed by atoms with E-state index in [9.17, 15) is 9.59 Å². The summed E-state index contributed by atoms with van der Waals surface area (Å²) in [6.45, 7) is 3.99. The smallest absolute Gasteiger partial charge is 0.407 e. The van der Waals surface area contributed by atoms with Gasteiger partial charge in [0, 0.05) is 19.0 Å². The molecule has 23 heavy (non-hydrogen) atoms. The molecule has 0 unspecified atom stereocenters. The minimum Gasteiger partial charge on any atom is -0.493 e. The third-order valence-corrected chi connectivity index (χ3v) is 3.95. The number of aryl methyl sites for hydroxylation is 1. The van der Waals surface area contributed by atoms with Gasteiger partial charge in [-0.15, -0.1) is 0 Å². The lowest BCUT2D eigenvalue weighted by atomic mass is 9.99. The number of carbonyl (C=O) groups excluding carboxylic acids is 2. The molecule has 0 radical (unpaired) electrons. The number of carbonyl (C=O) groups is 2. The topological polar surface area (TPSA) is 67.9 Å². The van der Waals surface area contributed by atoms with Crippen LogP contribution in [0.2, 0.25) is 0 Å². The van der Waals surface area contributed by atoms with Gasteiger partial charge in [0.15, 0.2) is 0 Å². The zero-order valence-corrected chi connectivity index (χ0v) is 13.7. The van der Waals surface area contributed by atoms with Crippen LogP contribution in [-0.2, 0) is 9.53 Å². The molecule has 1 atom stereocenters. The lowest BCUT2D eigenvalue weighted by Gasteiger charge is -2.32. The molecule has 2 amide bonds. The number of hydrogen-bond donors (Lipinski definition) is 1. The van der Waals surface area contributed by atoms with Gasteiger partial charge in [0.25, 0.3) is 0 Å². The first-order valence-corrected chi connectivity index (χ1v) is 7.87. The summed E-state index contributed by atoms with van der Waals surface area (Å²) in [5.74, 6) is 1.08. The van der Waals surface area contributed by atoms with Crippen molar-refractivity contribution in [1.82, 2.24) is 10.2 Å². The van der Waals surface area contributed by atoms with Gasteiger partial charge in [0.2, 0.25) is 5.91 Å². The summed E-state index contributed by atoms with van der Waals surface area (Å²) in [4.78, 5) is 24.9. The summed E-state index contributed by atoms with van der Waals surface area (Å²) in [5.41, 5.74) is 1.20. The van der Waals surface area contributed by atoms with Crippen molar-refractivity contribution < 1.29 is 19.1 Å². The second kappa shape index (κ2) is 8.41. The predicted octanol–water partition coefficient (Wildman–Crippen LogP) is 1.97. The van der Waals surface area contributed by atoms with E-state index in [1.54, 1.807) is 4.90 Å². The quantitative estimate of drug-likeness (QED) is 0.900. The van der Waals surface area contributed by atoms with Crippen molar-refractivity contribution in [3.05, 3.63) is 29.8 Å². The Kier molecular flexibility index (Phi) is 6.26. The monoisotopic (exact) mass is 320 g/mol. The fourth-order valence-corrected chi connectivity index (χ4v) is 2.61. The van der Waals surface area contributed by atoms with Crippen molar-refractivity contribution in [2.45, 2.75) is 19.8 Å². The van der Waals surface area contributed by atoms with Gasteiger partial charge in [0.05, 0.1) is 13.7 Å². The number of piperidine rings is 1. The fourth-order valence-electron chi connectivity index (χ4n) is 2.61. The first-order valence-electron chi connectivity index (χ1n) is 7.87. The van der Waals surface area contributed by atoms with Crippen LogP contribution in [0.1, 0.15) is 18.4 Å². The Labute approximate surface area is 136 Å². The van der Waals surface area contributed by atoms with Crippen molar-refractivity contribution in [3.63, 3.8) is 0 Å². The maximum atomic E-state index is 12.1. The van der Waals surface area contributed by atoms with Gasteiger partial charge in [-0.3, -0.25) is 4.79 Å². The van der Waals surface area contributed by atoms with E-state index in [0.717, 1.165) is 25.1 Å². The minimum absolute atomic E-state index is 0.0296. The van der Waals surface area contributed by atoms with Crippen molar-refractivity contribution in [1.29, 1.82) is 0 Å². The lowest BCUT2D eigenvalue weighted by Crippen LogP contribution is -2.46. The minimum atomic E-state index is -0.588. The maximum Gasteiger partial charge on any atom is 0.407 e. The largest absolute Gasteiger partial charge is 0.493 e. The zero-order chi connectivity index (χ0) is 16.7. The van der Waals surface area contributed by atoms with E-state index in [1.165, 1.54) is 12.7 Å². The average molecular weight is 320 g/mol. The molecular weight excluding hydrogens is 296 g/mol. The van der Waals surface area contributed by atoms with Crippen LogP contribution in [0, 0.1) is 12.8 Å². The predicted molar refractivity (Wildman–Crippen MR) is 86.4 cm³/mol. The van der Waals surface area contributed by atoms with E-state index in [-0.39, 0.29) is 12.5 Å². The van der Waals surface area contributed by atoms with Crippen LogP contribution in [0.5, 0.6) is 5.75 Å². The van der Waals surface area contributed by atoms with Crippen LogP contribution in [0.4, 0.5) is 4.79 Å². The standard InChI is InChI=1S/C17H24N2O4/c1-13-5-7-15(8-6-13)23-12-14-4-3-9-19(11-14)16(20)10-18-17(21)22-2/h5-8,14H,3-4,9-12H2,1-2H3,(H,18,21)/t14-/m0/s1. The van der Waals surface area contributed by atoms with Crippen LogP contribution in [0.25, 0.3) is 0 Å². The molecule has 6 nitrogen and oxygen atoms in total. The van der Waals surface area contributed by atoms with Gasteiger partial charge < -0.3 is 19.7 Å². The third kappa shape index (κ3) is 5.47. The number of amides is 2. The summed E-state index contributed by atoms with van der Waals surface area (Å²) in [6, 6.07) is 7.96. The normalized spacial score (nSPS) is 17.5. The van der Waals surface area contributed by atoms with E-state index in [1.807, 2.05) is 31.2 Å². The van der Waals surface area contributed by atoms with Gasteiger partial charge in [-0.25, -0.2) is 4.79 Å². The third-order valence-electron chi connectivity index (χ3n) is 3.95. The van der Waals surface area contributed by atoms with Gasteiger partial charge in [-0.2, -0.15) is 0 Å². The van der Waals surface area contributed by atoms with Crippen molar-refractivity contribution in [2.75, 3.05) is 33.4 Å². The highest BCUT2D eigenvalue weighted by Crippen LogP contribution is 2.19. The van der Waals surface area contributed by atoms with E-state index >= 15 is 0 Å². The first-order chi connectivity index (χ1) is 11.1. The second-order valence-corrected chi connectivity index (χ2v) is 5.82. The highest BCUT2D eigenvalue weighted by molar-refractivity contribution is 5.82. The highest BCUT2D eigenvalue weighted by Gasteiger charge is 2.24. The Morgan fingerprint density at radius 2 is 2.04 bits per heavy atom. The zero-order valence-electron chi connectivity index (χ0n) is 13.7. The molecule has 0 aromatic heterocycles. The molecule has 0 saturated carbocycles. The van der Waals surface area contributed by atoms with E-state index in [4.69, 9.17) is 4.74 Å². The lowest BCUT2D eigenvalue weighted by molar-refractivity contribution is -0.132. The molecule has 0 spiro atoms. The average Bonchev–Trinajstić information content (AvgIpc) is 2.59. The molecular formula is C17H24N2O4. The number of likely N-dealkylation sites (tertiary alicyclic amines) is 1. The molecule has 1 N–H and O–H groups in total. The van der Waals surface area contributed by atoms with Gasteiger partial charge in [-0.1, -0.05) is 17.7 Å². The van der Waals surface area contributed by atoms with Crippen molar-refractivity contribution in [3.8, 4) is 5.75 Å². The van der Waals surface area contributed by atoms with Crippen LogP contribution < -0.4 is 10.1 Å². The van der Waals surface area contributed by atoms with E-state index in [2.05, 4.69) is 10.1 Å². The van der Waals surface area contributed by atoms with Crippen LogP contribution >= 0.6 is 0 Å². The van der Waals surface area contributed by atoms with E-state index in [0.29, 0.717) is 19.1 Å². The summed E-state index contributed by atoms with van der Waals surface area (Å²) in [5, 5.41) is 2.42. The maximum absolute atomic E-state index is 12.1. The van der Waals surface area contributed by atoms with Crippen molar-refractivity contribution in [2.24, 2.45) is 5.92 Å². The van der Waals surface area contributed by atoms with Crippen LogP contribution in [0.15, 0.2) is 24.3 Å². The molecule has 1 fully saturated rings. The van der Waals surface area contributed by atoms with Gasteiger partial charge >= 0.3 is 6.09 Å². The molecule has 1 aromatic rings. The van der Waals surface area contributed by atoms with Crippen molar-refractivity contribution >= 4 is 12.0 Å². The number of rotatable bonds is 5. The van der Waals surface area contributed by atoms with Gasteiger partial charge in [0.1, 0.15) is 12.3 Å². The molecule has 1 heterocycles. The molecule has 6 heteroatoms. The Hall–Kier alpha value is -2.24. The molecule has 126 valence electrons. The molecule has 2 rings (SSSR count).